The van der Waals surface area contributed by atoms with Crippen molar-refractivity contribution in [2.75, 3.05) is 5.32 Å². The van der Waals surface area contributed by atoms with Crippen LogP contribution in [-0.2, 0) is 4.79 Å². The van der Waals surface area contributed by atoms with Gasteiger partial charge in [-0.2, -0.15) is 4.98 Å². The number of hydrogen-bond acceptors (Lipinski definition) is 5. The quantitative estimate of drug-likeness (QED) is 0.705. The molecule has 2 aromatic heterocycles. The third kappa shape index (κ3) is 3.35. The molecule has 6 nitrogen and oxygen atoms in total. The van der Waals surface area contributed by atoms with E-state index in [1.165, 1.54) is 6.92 Å². The molecule has 2 heterocycles. The number of nitrogens with zero attached hydrogens (tertiary/aromatic N) is 2. The van der Waals surface area contributed by atoms with Crippen LogP contribution in [0.25, 0.3) is 22.7 Å². The van der Waals surface area contributed by atoms with Crippen molar-refractivity contribution in [3.63, 3.8) is 0 Å². The summed E-state index contributed by atoms with van der Waals surface area (Å²) in [6.07, 6.45) is 1.67. The fourth-order valence-corrected chi connectivity index (χ4v) is 2.35. The number of nitrogens with one attached hydrogen (secondary N) is 2. The second kappa shape index (κ2) is 6.13. The maximum Gasteiger partial charge on any atom is 0.228 e. The van der Waals surface area contributed by atoms with Crippen LogP contribution in [0.2, 0.25) is 0 Å². The van der Waals surface area contributed by atoms with E-state index in [2.05, 4.69) is 20.6 Å². The van der Waals surface area contributed by atoms with Gasteiger partial charge in [-0.1, -0.05) is 6.07 Å². The van der Waals surface area contributed by atoms with Crippen LogP contribution in [0.4, 0.5) is 5.69 Å². The predicted molar refractivity (Wildman–Crippen MR) is 92.0 cm³/mol. The van der Waals surface area contributed by atoms with E-state index in [9.17, 15) is 4.79 Å². The molecule has 7 heteroatoms. The third-order valence-electron chi connectivity index (χ3n) is 3.19. The van der Waals surface area contributed by atoms with E-state index in [0.717, 1.165) is 16.8 Å². The zero-order chi connectivity index (χ0) is 16.4. The number of rotatable bonds is 2. The predicted octanol–water partition coefficient (Wildman–Crippen LogP) is 3.03. The Morgan fingerprint density at radius 3 is 2.87 bits per heavy atom. The number of oxazole rings is 1. The van der Waals surface area contributed by atoms with Gasteiger partial charge >= 0.3 is 0 Å². The van der Waals surface area contributed by atoms with E-state index < -0.39 is 0 Å². The highest BCUT2D eigenvalue weighted by molar-refractivity contribution is 7.80. The summed E-state index contributed by atoms with van der Waals surface area (Å²) in [6.45, 7) is 3.35. The second-order valence-corrected chi connectivity index (χ2v) is 5.42. The van der Waals surface area contributed by atoms with E-state index in [1.807, 2.05) is 31.2 Å². The van der Waals surface area contributed by atoms with E-state index in [1.54, 1.807) is 12.3 Å². The summed E-state index contributed by atoms with van der Waals surface area (Å²) in [5.41, 5.74) is 3.74. The summed E-state index contributed by atoms with van der Waals surface area (Å²) >= 11 is 5.09. The molecule has 0 unspecified atom stereocenters. The van der Waals surface area contributed by atoms with Crippen molar-refractivity contribution in [1.82, 2.24) is 15.3 Å². The lowest BCUT2D eigenvalue weighted by atomic mass is 10.1. The van der Waals surface area contributed by atoms with Gasteiger partial charge in [-0.15, -0.1) is 0 Å². The van der Waals surface area contributed by atoms with Crippen LogP contribution in [0.15, 0.2) is 40.9 Å². The Morgan fingerprint density at radius 1 is 1.30 bits per heavy atom. The van der Waals surface area contributed by atoms with Gasteiger partial charge in [-0.3, -0.25) is 4.79 Å². The molecule has 0 saturated heterocycles. The standard InChI is InChI=1S/C16H14N4O2S/c1-9-5-6-11(8-12(9)19-16(23)18-10(2)21)15-20-14-13(22-15)4-3-7-17-14/h3-8H,1-2H3,(H2,18,19,21,23). The number of amides is 1. The lowest BCUT2D eigenvalue weighted by Gasteiger charge is -2.11. The Bertz CT molecular complexity index is 871. The van der Waals surface area contributed by atoms with Crippen molar-refractivity contribution in [3.8, 4) is 11.5 Å². The third-order valence-corrected chi connectivity index (χ3v) is 3.39. The Morgan fingerprint density at radius 2 is 2.13 bits per heavy atom. The molecule has 0 aliphatic heterocycles. The van der Waals surface area contributed by atoms with Crippen LogP contribution in [0, 0.1) is 6.92 Å². The first kappa shape index (κ1) is 15.1. The SMILES string of the molecule is CC(=O)NC(=S)Nc1cc(-c2nc3ncccc3o2)ccc1C. The Labute approximate surface area is 137 Å². The molecular weight excluding hydrogens is 312 g/mol. The number of pyridine rings is 1. The number of carbonyl (C=O) groups excluding carboxylic acids is 1. The van der Waals surface area contributed by atoms with Crippen molar-refractivity contribution in [1.29, 1.82) is 0 Å². The number of benzene rings is 1. The van der Waals surface area contributed by atoms with E-state index in [4.69, 9.17) is 16.6 Å². The summed E-state index contributed by atoms with van der Waals surface area (Å²) in [6, 6.07) is 9.32. The Hall–Kier alpha value is -2.80. The average molecular weight is 326 g/mol. The first-order valence-corrected chi connectivity index (χ1v) is 7.35. The van der Waals surface area contributed by atoms with Crippen LogP contribution < -0.4 is 10.6 Å². The highest BCUT2D eigenvalue weighted by Gasteiger charge is 2.11. The first-order valence-electron chi connectivity index (χ1n) is 6.94. The van der Waals surface area contributed by atoms with Gasteiger partial charge in [0, 0.05) is 24.4 Å². The topological polar surface area (TPSA) is 80.0 Å². The van der Waals surface area contributed by atoms with E-state index in [-0.39, 0.29) is 11.0 Å². The van der Waals surface area contributed by atoms with Crippen molar-refractivity contribution in [2.45, 2.75) is 13.8 Å². The fourth-order valence-electron chi connectivity index (χ4n) is 2.10. The van der Waals surface area contributed by atoms with Crippen molar-refractivity contribution in [3.05, 3.63) is 42.1 Å². The summed E-state index contributed by atoms with van der Waals surface area (Å²) in [5.74, 6) is 0.258. The minimum atomic E-state index is -0.221. The molecular formula is C16H14N4O2S. The molecule has 0 saturated carbocycles. The number of thiocarbonyl (C=S) groups is 1. The lowest BCUT2D eigenvalue weighted by molar-refractivity contribution is -0.117. The van der Waals surface area contributed by atoms with Gasteiger partial charge in [0.05, 0.1) is 0 Å². The summed E-state index contributed by atoms with van der Waals surface area (Å²) < 4.78 is 5.71. The maximum absolute atomic E-state index is 11.0. The van der Waals surface area contributed by atoms with Crippen LogP contribution >= 0.6 is 12.2 Å². The van der Waals surface area contributed by atoms with Crippen LogP contribution in [0.3, 0.4) is 0 Å². The van der Waals surface area contributed by atoms with Crippen molar-refractivity contribution in [2.24, 2.45) is 0 Å². The molecule has 3 rings (SSSR count). The first-order chi connectivity index (χ1) is 11.0. The monoisotopic (exact) mass is 326 g/mol. The molecule has 0 aliphatic rings. The summed E-state index contributed by atoms with van der Waals surface area (Å²) in [4.78, 5) is 19.6. The highest BCUT2D eigenvalue weighted by atomic mass is 32.1. The fraction of sp³-hybridized carbons (Fsp3) is 0.125. The number of fused-ring (bicyclic) bond motifs is 1. The van der Waals surface area contributed by atoms with Crippen molar-refractivity contribution >= 4 is 40.2 Å². The number of carbonyl (C=O) groups is 1. The highest BCUT2D eigenvalue weighted by Crippen LogP contribution is 2.27. The summed E-state index contributed by atoms with van der Waals surface area (Å²) in [7, 11) is 0. The summed E-state index contributed by atoms with van der Waals surface area (Å²) in [5, 5.41) is 5.78. The largest absolute Gasteiger partial charge is 0.434 e. The maximum atomic E-state index is 11.0. The molecule has 0 bridgehead atoms. The second-order valence-electron chi connectivity index (χ2n) is 5.01. The molecule has 1 amide bonds. The molecule has 3 aromatic rings. The van der Waals surface area contributed by atoms with Gasteiger partial charge in [-0.25, -0.2) is 4.98 Å². The molecule has 0 fully saturated rings. The minimum absolute atomic E-state index is 0.221. The van der Waals surface area contributed by atoms with Crippen LogP contribution in [0.5, 0.6) is 0 Å². The van der Waals surface area contributed by atoms with Gasteiger partial charge in [0.1, 0.15) is 0 Å². The lowest BCUT2D eigenvalue weighted by Crippen LogP contribution is -2.32. The molecule has 116 valence electrons. The van der Waals surface area contributed by atoms with Gasteiger partial charge in [0.25, 0.3) is 0 Å². The van der Waals surface area contributed by atoms with Gasteiger partial charge in [0.15, 0.2) is 16.3 Å². The smallest absolute Gasteiger partial charge is 0.228 e. The average Bonchev–Trinajstić information content (AvgIpc) is 2.92. The number of hydrogen-bond donors (Lipinski definition) is 2. The van der Waals surface area contributed by atoms with Gasteiger partial charge < -0.3 is 15.1 Å². The number of anilines is 1. The van der Waals surface area contributed by atoms with Crippen LogP contribution in [-0.4, -0.2) is 21.0 Å². The number of aromatic nitrogens is 2. The molecule has 1 aromatic carbocycles. The molecule has 2 N–H and O–H groups in total. The molecule has 23 heavy (non-hydrogen) atoms. The van der Waals surface area contributed by atoms with Gasteiger partial charge in [0.2, 0.25) is 11.8 Å². The molecule has 0 spiro atoms. The normalized spacial score (nSPS) is 10.5. The van der Waals surface area contributed by atoms with Crippen molar-refractivity contribution < 1.29 is 9.21 Å². The van der Waals surface area contributed by atoms with Crippen LogP contribution in [0.1, 0.15) is 12.5 Å². The number of aryl methyl sites for hydroxylation is 1. The zero-order valence-electron chi connectivity index (χ0n) is 12.6. The molecule has 0 radical (unpaired) electrons. The van der Waals surface area contributed by atoms with Gasteiger partial charge in [-0.05, 0) is 49.0 Å². The minimum Gasteiger partial charge on any atom is -0.434 e. The molecule has 0 atom stereocenters. The van der Waals surface area contributed by atoms with E-state index >= 15 is 0 Å². The Balaban J connectivity index is 1.93. The zero-order valence-corrected chi connectivity index (χ0v) is 13.4. The Kier molecular flexibility index (Phi) is 4.03. The molecule has 0 aliphatic carbocycles. The van der Waals surface area contributed by atoms with E-state index in [0.29, 0.717) is 17.1 Å².